The molecule has 3 amide bonds. The zero-order valence-electron chi connectivity index (χ0n) is 26.4. The summed E-state index contributed by atoms with van der Waals surface area (Å²) in [6.45, 7) is 3.44. The van der Waals surface area contributed by atoms with Crippen LogP contribution in [-0.2, 0) is 12.6 Å². The number of hydrogen-bond donors (Lipinski definition) is 3. The minimum atomic E-state index is -4.76. The van der Waals surface area contributed by atoms with Crippen molar-refractivity contribution in [2.45, 2.75) is 25.4 Å². The second-order valence-electron chi connectivity index (χ2n) is 11.2. The van der Waals surface area contributed by atoms with E-state index in [-0.39, 0.29) is 11.6 Å². The van der Waals surface area contributed by atoms with Crippen molar-refractivity contribution in [3.05, 3.63) is 101 Å². The smallest absolute Gasteiger partial charge is 0.416 e. The molecule has 2 heterocycles. The molecule has 5 rings (SSSR count). The van der Waals surface area contributed by atoms with E-state index in [0.29, 0.717) is 53.8 Å². The fourth-order valence-electron chi connectivity index (χ4n) is 5.28. The molecular weight excluding hydrogens is 630 g/mol. The van der Waals surface area contributed by atoms with Crippen LogP contribution in [0.2, 0.25) is 0 Å². The van der Waals surface area contributed by atoms with E-state index in [0.717, 1.165) is 37.0 Å². The molecule has 0 unspecified atom stereocenters. The van der Waals surface area contributed by atoms with Crippen LogP contribution < -0.4 is 25.6 Å². The number of rotatable bonds is 11. The number of urea groups is 1. The minimum absolute atomic E-state index is 0.248. The van der Waals surface area contributed by atoms with E-state index in [1.54, 1.807) is 62.8 Å². The van der Waals surface area contributed by atoms with E-state index < -0.39 is 23.6 Å². The third kappa shape index (κ3) is 8.97. The van der Waals surface area contributed by atoms with Crippen LogP contribution in [0.15, 0.2) is 72.9 Å². The van der Waals surface area contributed by atoms with Gasteiger partial charge in [-0.3, -0.25) is 9.69 Å². The minimum Gasteiger partial charge on any atom is -0.491 e. The van der Waals surface area contributed by atoms with Crippen molar-refractivity contribution in [2.75, 3.05) is 55.9 Å². The molecule has 14 heteroatoms. The Kier molecular flexibility index (Phi) is 10.7. The van der Waals surface area contributed by atoms with Gasteiger partial charge < -0.3 is 25.6 Å². The number of likely N-dealkylation sites (tertiary alicyclic amines) is 1. The van der Waals surface area contributed by atoms with Gasteiger partial charge in [-0.05, 0) is 92.2 Å². The van der Waals surface area contributed by atoms with Crippen molar-refractivity contribution < 1.29 is 31.9 Å². The largest absolute Gasteiger partial charge is 0.491 e. The van der Waals surface area contributed by atoms with Crippen molar-refractivity contribution in [1.82, 2.24) is 20.2 Å². The zero-order chi connectivity index (χ0) is 34.3. The van der Waals surface area contributed by atoms with Crippen LogP contribution in [0.5, 0.6) is 5.75 Å². The Hall–Kier alpha value is -5.24. The van der Waals surface area contributed by atoms with Gasteiger partial charge in [-0.15, -0.1) is 0 Å². The number of alkyl halides is 3. The summed E-state index contributed by atoms with van der Waals surface area (Å²) in [5, 5.41) is 7.41. The highest BCUT2D eigenvalue weighted by molar-refractivity contribution is 6.00. The summed E-state index contributed by atoms with van der Waals surface area (Å²) < 4.78 is 58.6. The monoisotopic (exact) mass is 665 g/mol. The summed E-state index contributed by atoms with van der Waals surface area (Å²) in [5.74, 6) is 0.276. The first-order valence-electron chi connectivity index (χ1n) is 15.3. The molecule has 4 aromatic rings. The topological polar surface area (TPSA) is 112 Å². The molecule has 0 saturated carbocycles. The fraction of sp³-hybridized carbons (Fsp3) is 0.294. The van der Waals surface area contributed by atoms with E-state index in [4.69, 9.17) is 9.72 Å². The highest BCUT2D eigenvalue weighted by Gasteiger charge is 2.31. The molecule has 1 saturated heterocycles. The Balaban J connectivity index is 1.21. The number of amides is 3. The van der Waals surface area contributed by atoms with Crippen LogP contribution in [0, 0.1) is 5.82 Å². The number of hydrogen-bond acceptors (Lipinski definition) is 7. The van der Waals surface area contributed by atoms with Gasteiger partial charge in [-0.2, -0.15) is 13.2 Å². The number of carbonyl (C=O) groups excluding carboxylic acids is 2. The number of carbonyl (C=O) groups is 2. The molecule has 0 aliphatic carbocycles. The molecule has 252 valence electrons. The van der Waals surface area contributed by atoms with E-state index >= 15 is 0 Å². The van der Waals surface area contributed by atoms with Crippen LogP contribution in [-0.4, -0.2) is 67.1 Å². The first kappa shape index (κ1) is 34.1. The predicted octanol–water partition coefficient (Wildman–Crippen LogP) is 6.47. The Morgan fingerprint density at radius 2 is 1.69 bits per heavy atom. The fourth-order valence-corrected chi connectivity index (χ4v) is 5.28. The van der Waals surface area contributed by atoms with Crippen molar-refractivity contribution in [1.29, 1.82) is 0 Å². The van der Waals surface area contributed by atoms with Crippen molar-refractivity contribution in [3.63, 3.8) is 0 Å². The summed E-state index contributed by atoms with van der Waals surface area (Å²) in [7, 11) is 3.38. The predicted molar refractivity (Wildman–Crippen MR) is 174 cm³/mol. The number of nitrogens with one attached hydrogen (secondary N) is 3. The van der Waals surface area contributed by atoms with Gasteiger partial charge in [0.25, 0.3) is 5.91 Å². The number of ether oxygens (including phenoxy) is 1. The number of aromatic nitrogens is 2. The lowest BCUT2D eigenvalue weighted by Gasteiger charge is -2.19. The normalized spacial score (nSPS) is 13.2. The molecule has 3 N–H and O–H groups in total. The average molecular weight is 666 g/mol. The number of anilines is 4. The van der Waals surface area contributed by atoms with Crippen molar-refractivity contribution in [2.24, 2.45) is 0 Å². The lowest BCUT2D eigenvalue weighted by Crippen LogP contribution is -2.26. The van der Waals surface area contributed by atoms with Gasteiger partial charge in [-0.1, -0.05) is 6.07 Å². The van der Waals surface area contributed by atoms with Gasteiger partial charge in [0.2, 0.25) is 0 Å². The standard InChI is InChI=1S/C34H35F4N7O3/c1-39-32(46)28-17-22(5-10-29(28)48-16-15-45-13-3-4-14-45)18-30-40-12-11-31(43-30)44(2)27-8-6-25(7-9-27)41-33(47)42-26-20-23(34(36,37)38)19-24(35)21-26/h5-12,17,19-21H,3-4,13-16,18H2,1-2H3,(H,39,46)(H2,41,42,47). The zero-order valence-corrected chi connectivity index (χ0v) is 26.4. The first-order valence-corrected chi connectivity index (χ1v) is 15.3. The van der Waals surface area contributed by atoms with Gasteiger partial charge in [-0.25, -0.2) is 19.2 Å². The van der Waals surface area contributed by atoms with Gasteiger partial charge in [0.15, 0.2) is 0 Å². The Morgan fingerprint density at radius 1 is 0.958 bits per heavy atom. The van der Waals surface area contributed by atoms with Crippen LogP contribution in [0.4, 0.5) is 45.2 Å². The summed E-state index contributed by atoms with van der Waals surface area (Å²) in [5.41, 5.74) is 0.810. The lowest BCUT2D eigenvalue weighted by molar-refractivity contribution is -0.137. The highest BCUT2D eigenvalue weighted by atomic mass is 19.4. The second kappa shape index (κ2) is 15.1. The third-order valence-corrected chi connectivity index (χ3v) is 7.77. The Bertz CT molecular complexity index is 1750. The van der Waals surface area contributed by atoms with Gasteiger partial charge in [0.05, 0.1) is 11.1 Å². The SMILES string of the molecule is CNC(=O)c1cc(Cc2nccc(N(C)c3ccc(NC(=O)Nc4cc(F)cc(C(F)(F)F)c4)cc3)n2)ccc1OCCN1CCCC1. The van der Waals surface area contributed by atoms with E-state index in [1.165, 1.54) is 12.8 Å². The van der Waals surface area contributed by atoms with Crippen molar-refractivity contribution in [3.8, 4) is 5.75 Å². The maximum Gasteiger partial charge on any atom is 0.416 e. The molecule has 1 aromatic heterocycles. The van der Waals surface area contributed by atoms with Gasteiger partial charge in [0.1, 0.15) is 29.8 Å². The van der Waals surface area contributed by atoms with Crippen molar-refractivity contribution >= 4 is 34.8 Å². The maximum atomic E-state index is 13.7. The molecule has 1 aliphatic rings. The number of nitrogens with zero attached hydrogens (tertiary/aromatic N) is 4. The average Bonchev–Trinajstić information content (AvgIpc) is 3.58. The molecule has 0 spiro atoms. The molecule has 3 aromatic carbocycles. The second-order valence-corrected chi connectivity index (χ2v) is 11.2. The molecule has 0 bridgehead atoms. The molecule has 1 fully saturated rings. The molecular formula is C34H35F4N7O3. The van der Waals surface area contributed by atoms with E-state index in [1.807, 2.05) is 11.0 Å². The van der Waals surface area contributed by atoms with Crippen LogP contribution >= 0.6 is 0 Å². The maximum absolute atomic E-state index is 13.7. The molecule has 1 aliphatic heterocycles. The van der Waals surface area contributed by atoms with E-state index in [9.17, 15) is 27.2 Å². The summed E-state index contributed by atoms with van der Waals surface area (Å²) in [4.78, 5) is 38.3. The van der Waals surface area contributed by atoms with Crippen LogP contribution in [0.3, 0.4) is 0 Å². The molecule has 0 atom stereocenters. The van der Waals surface area contributed by atoms with Crippen LogP contribution in [0.1, 0.15) is 40.2 Å². The number of halogens is 4. The first-order chi connectivity index (χ1) is 23.0. The summed E-state index contributed by atoms with van der Waals surface area (Å²) in [6.07, 6.45) is -0.355. The molecule has 0 radical (unpaired) electrons. The summed E-state index contributed by atoms with van der Waals surface area (Å²) in [6, 6.07) is 14.8. The Labute approximate surface area is 275 Å². The quantitative estimate of drug-likeness (QED) is 0.158. The molecule has 48 heavy (non-hydrogen) atoms. The van der Waals surface area contributed by atoms with Gasteiger partial charge >= 0.3 is 12.2 Å². The third-order valence-electron chi connectivity index (χ3n) is 7.77. The lowest BCUT2D eigenvalue weighted by atomic mass is 10.1. The van der Waals surface area contributed by atoms with Gasteiger partial charge in [0, 0.05) is 50.3 Å². The van der Waals surface area contributed by atoms with E-state index in [2.05, 4.69) is 25.8 Å². The van der Waals surface area contributed by atoms with Crippen LogP contribution in [0.25, 0.3) is 0 Å². The highest BCUT2D eigenvalue weighted by Crippen LogP contribution is 2.32. The number of benzene rings is 3. The summed E-state index contributed by atoms with van der Waals surface area (Å²) >= 11 is 0. The molecule has 10 nitrogen and oxygen atoms in total. The Morgan fingerprint density at radius 3 is 2.40 bits per heavy atom.